The fourth-order valence-electron chi connectivity index (χ4n) is 4.07. The summed E-state index contributed by atoms with van der Waals surface area (Å²) in [5, 5.41) is 3.98. The monoisotopic (exact) mass is 554 g/mol. The minimum absolute atomic E-state index is 0.273. The molecule has 1 N–H and O–H groups in total. The van der Waals surface area contributed by atoms with E-state index < -0.39 is 5.97 Å². The van der Waals surface area contributed by atoms with Crippen LogP contribution in [0, 0.1) is 12.7 Å². The smallest absolute Gasteiger partial charge is 0.337 e. The number of hydrogen-bond acceptors (Lipinski definition) is 7. The molecule has 0 unspecified atom stereocenters. The van der Waals surface area contributed by atoms with Gasteiger partial charge in [0.25, 0.3) is 11.5 Å². The Morgan fingerprint density at radius 3 is 2.25 bits per heavy atom. The molecule has 0 aliphatic rings. The molecule has 1 amide bonds. The van der Waals surface area contributed by atoms with Crippen molar-refractivity contribution >= 4 is 34.7 Å². The number of methoxy groups -OCH3 is 1. The highest BCUT2D eigenvalue weighted by Crippen LogP contribution is 2.27. The molecule has 5 aromatic rings. The molecule has 0 saturated heterocycles. The molecule has 0 atom stereocenters. The third-order valence-corrected chi connectivity index (χ3v) is 7.03. The molecule has 0 fully saturated rings. The number of benzene rings is 3. The molecular formula is C30H23FN4O4S. The number of fused-ring (bicyclic) bond motifs is 1. The number of carbonyl (C=O) groups is 2. The number of esters is 1. The van der Waals surface area contributed by atoms with Gasteiger partial charge in [0.2, 0.25) is 0 Å². The van der Waals surface area contributed by atoms with Crippen molar-refractivity contribution in [3.05, 3.63) is 123 Å². The van der Waals surface area contributed by atoms with Crippen LogP contribution >= 0.6 is 11.8 Å². The van der Waals surface area contributed by atoms with Gasteiger partial charge in [-0.15, -0.1) is 0 Å². The van der Waals surface area contributed by atoms with E-state index in [-0.39, 0.29) is 23.8 Å². The van der Waals surface area contributed by atoms with Crippen LogP contribution in [0.25, 0.3) is 16.7 Å². The maximum absolute atomic E-state index is 13.3. The number of aromatic nitrogens is 3. The summed E-state index contributed by atoms with van der Waals surface area (Å²) in [6.07, 6.45) is 0. The molecule has 5 rings (SSSR count). The molecule has 0 aliphatic carbocycles. The summed E-state index contributed by atoms with van der Waals surface area (Å²) < 4.78 is 19.5. The summed E-state index contributed by atoms with van der Waals surface area (Å²) in [6.45, 7) is 2.11. The van der Waals surface area contributed by atoms with Crippen LogP contribution in [0.15, 0.2) is 99.8 Å². The minimum Gasteiger partial charge on any atom is -0.465 e. The minimum atomic E-state index is -0.426. The number of carbonyl (C=O) groups excluding carboxylic acids is 2. The predicted molar refractivity (Wildman–Crippen MR) is 149 cm³/mol. The van der Waals surface area contributed by atoms with E-state index in [4.69, 9.17) is 4.74 Å². The van der Waals surface area contributed by atoms with Crippen LogP contribution in [-0.2, 0) is 11.3 Å². The first-order valence-corrected chi connectivity index (χ1v) is 13.0. The highest BCUT2D eigenvalue weighted by Gasteiger charge is 2.14. The number of nitrogens with one attached hydrogen (secondary N) is 1. The quantitative estimate of drug-likeness (QED) is 0.221. The third-order valence-electron chi connectivity index (χ3n) is 6.16. The first kappa shape index (κ1) is 26.8. The lowest BCUT2D eigenvalue weighted by Crippen LogP contribution is -2.23. The lowest BCUT2D eigenvalue weighted by Gasteiger charge is -2.12. The van der Waals surface area contributed by atoms with Crippen LogP contribution in [0.5, 0.6) is 0 Å². The Labute approximate surface area is 232 Å². The summed E-state index contributed by atoms with van der Waals surface area (Å²) in [5.41, 5.74) is 3.05. The van der Waals surface area contributed by atoms with Crippen molar-refractivity contribution in [1.29, 1.82) is 0 Å². The van der Waals surface area contributed by atoms with E-state index in [0.717, 1.165) is 10.5 Å². The second-order valence-electron chi connectivity index (χ2n) is 8.81. The van der Waals surface area contributed by atoms with Crippen LogP contribution in [0.4, 0.5) is 4.39 Å². The Morgan fingerprint density at radius 2 is 1.57 bits per heavy atom. The SMILES string of the molecule is COC(=O)c1ccc(CNC(=O)c2ccc(-n3c(=O)ccc4c(C)nc(Sc5ccc(F)cc5)nc43)cc2)cc1. The number of hydrogen-bond donors (Lipinski definition) is 1. The molecule has 8 nitrogen and oxygen atoms in total. The highest BCUT2D eigenvalue weighted by molar-refractivity contribution is 7.99. The van der Waals surface area contributed by atoms with Gasteiger partial charge in [0.15, 0.2) is 10.8 Å². The number of ether oxygens (including phenoxy) is 1. The van der Waals surface area contributed by atoms with Gasteiger partial charge in [-0.3, -0.25) is 14.2 Å². The van der Waals surface area contributed by atoms with Crippen LogP contribution in [0.2, 0.25) is 0 Å². The third kappa shape index (κ3) is 5.76. The zero-order chi connectivity index (χ0) is 28.2. The van der Waals surface area contributed by atoms with Crippen LogP contribution in [0.1, 0.15) is 32.0 Å². The number of rotatable bonds is 7. The predicted octanol–water partition coefficient (Wildman–Crippen LogP) is 5.10. The molecule has 0 radical (unpaired) electrons. The van der Waals surface area contributed by atoms with Crippen molar-refractivity contribution in [1.82, 2.24) is 19.9 Å². The standard InChI is InChI=1S/C30H23FN4O4S/c1-18-25-15-16-26(36)35(27(25)34-30(33-18)40-24-13-9-22(31)10-14-24)23-11-7-20(8-12-23)28(37)32-17-19-3-5-21(6-4-19)29(38)39-2/h3-16H,17H2,1-2H3,(H,32,37). The maximum Gasteiger partial charge on any atom is 0.337 e. The van der Waals surface area contributed by atoms with Crippen molar-refractivity contribution in [2.75, 3.05) is 7.11 Å². The molecule has 0 saturated carbocycles. The number of nitrogens with zero attached hydrogens (tertiary/aromatic N) is 3. The Morgan fingerprint density at radius 1 is 0.900 bits per heavy atom. The molecule has 0 bridgehead atoms. The van der Waals surface area contributed by atoms with Gasteiger partial charge in [0, 0.05) is 28.5 Å². The van der Waals surface area contributed by atoms with Crippen LogP contribution in [0.3, 0.4) is 0 Å². The van der Waals surface area contributed by atoms with Crippen molar-refractivity contribution in [2.45, 2.75) is 23.5 Å². The first-order chi connectivity index (χ1) is 19.3. The number of amides is 1. The Balaban J connectivity index is 1.37. The Kier molecular flexibility index (Phi) is 7.70. The number of halogens is 1. The zero-order valence-corrected chi connectivity index (χ0v) is 22.4. The fraction of sp³-hybridized carbons (Fsp3) is 0.100. The van der Waals surface area contributed by atoms with Crippen molar-refractivity contribution < 1.29 is 18.7 Å². The molecular weight excluding hydrogens is 531 g/mol. The van der Waals surface area contributed by atoms with E-state index in [0.29, 0.717) is 38.7 Å². The topological polar surface area (TPSA) is 103 Å². The molecule has 0 spiro atoms. The first-order valence-electron chi connectivity index (χ1n) is 12.2. The zero-order valence-electron chi connectivity index (χ0n) is 21.6. The fourth-order valence-corrected chi connectivity index (χ4v) is 4.86. The molecule has 3 aromatic carbocycles. The normalized spacial score (nSPS) is 10.9. The summed E-state index contributed by atoms with van der Waals surface area (Å²) in [4.78, 5) is 47.3. The highest BCUT2D eigenvalue weighted by atomic mass is 32.2. The summed E-state index contributed by atoms with van der Waals surface area (Å²) in [5.74, 6) is -1.05. The van der Waals surface area contributed by atoms with Crippen LogP contribution < -0.4 is 10.9 Å². The lowest BCUT2D eigenvalue weighted by molar-refractivity contribution is 0.0600. The van der Waals surface area contributed by atoms with Gasteiger partial charge in [-0.05, 0) is 91.0 Å². The number of pyridine rings is 1. The van der Waals surface area contributed by atoms with Gasteiger partial charge >= 0.3 is 5.97 Å². The Bertz CT molecular complexity index is 1770. The van der Waals surface area contributed by atoms with Gasteiger partial charge in [0.1, 0.15) is 5.82 Å². The van der Waals surface area contributed by atoms with Crippen LogP contribution in [-0.4, -0.2) is 33.5 Å². The van der Waals surface area contributed by atoms with E-state index in [2.05, 4.69) is 15.3 Å². The summed E-state index contributed by atoms with van der Waals surface area (Å²) in [7, 11) is 1.32. The van der Waals surface area contributed by atoms with E-state index in [1.54, 1.807) is 66.7 Å². The maximum atomic E-state index is 13.3. The molecule has 2 aromatic heterocycles. The van der Waals surface area contributed by atoms with E-state index in [9.17, 15) is 18.8 Å². The molecule has 200 valence electrons. The van der Waals surface area contributed by atoms with Crippen molar-refractivity contribution in [3.8, 4) is 5.69 Å². The molecule has 40 heavy (non-hydrogen) atoms. The van der Waals surface area contributed by atoms with Gasteiger partial charge in [-0.25, -0.2) is 19.2 Å². The van der Waals surface area contributed by atoms with Gasteiger partial charge in [0.05, 0.1) is 24.1 Å². The second kappa shape index (κ2) is 11.5. The van der Waals surface area contributed by atoms with Crippen molar-refractivity contribution in [2.24, 2.45) is 0 Å². The number of aryl methyl sites for hydroxylation is 1. The largest absolute Gasteiger partial charge is 0.465 e. The molecule has 0 aliphatic heterocycles. The van der Waals surface area contributed by atoms with Crippen molar-refractivity contribution in [3.63, 3.8) is 0 Å². The van der Waals surface area contributed by atoms with Gasteiger partial charge in [-0.2, -0.15) is 0 Å². The molecule has 10 heteroatoms. The summed E-state index contributed by atoms with van der Waals surface area (Å²) >= 11 is 1.27. The van der Waals surface area contributed by atoms with Gasteiger partial charge < -0.3 is 10.1 Å². The molecule has 2 heterocycles. The second-order valence-corrected chi connectivity index (χ2v) is 9.85. The van der Waals surface area contributed by atoms with Gasteiger partial charge in [-0.1, -0.05) is 12.1 Å². The van der Waals surface area contributed by atoms with E-state index in [1.807, 2.05) is 6.92 Å². The average Bonchev–Trinajstić information content (AvgIpc) is 2.97. The summed E-state index contributed by atoms with van der Waals surface area (Å²) in [6, 6.07) is 22.6. The Hall–Kier alpha value is -4.83. The average molecular weight is 555 g/mol. The van der Waals surface area contributed by atoms with E-state index in [1.165, 1.54) is 41.6 Å². The lowest BCUT2D eigenvalue weighted by atomic mass is 10.1. The van der Waals surface area contributed by atoms with E-state index >= 15 is 0 Å².